The van der Waals surface area contributed by atoms with Crippen LogP contribution in [0.15, 0.2) is 0 Å². The van der Waals surface area contributed by atoms with E-state index in [9.17, 15) is 0 Å². The van der Waals surface area contributed by atoms with Crippen molar-refractivity contribution in [2.24, 2.45) is 0 Å². The van der Waals surface area contributed by atoms with Crippen LogP contribution in [0.3, 0.4) is 0 Å². The third-order valence-electron chi connectivity index (χ3n) is 2.35. The van der Waals surface area contributed by atoms with Gasteiger partial charge in [-0.1, -0.05) is 32.6 Å². The molecule has 0 amide bonds. The van der Waals surface area contributed by atoms with Crippen LogP contribution in [0.2, 0.25) is 0 Å². The Hall–Kier alpha value is 0.700. The molecule has 0 unspecified atom stereocenters. The van der Waals surface area contributed by atoms with Crippen LogP contribution in [0.5, 0.6) is 0 Å². The van der Waals surface area contributed by atoms with Crippen LogP contribution in [0.4, 0.5) is 0 Å². The third-order valence-corrected chi connectivity index (χ3v) is 5.48. The molecule has 12 heavy (non-hydrogen) atoms. The maximum absolute atomic E-state index is 2.36. The molecule has 0 aromatic carbocycles. The predicted octanol–water partition coefficient (Wildman–Crippen LogP) is 4.40. The fourth-order valence-corrected chi connectivity index (χ4v) is 2.52. The van der Waals surface area contributed by atoms with Crippen molar-refractivity contribution in [3.05, 3.63) is 0 Å². The van der Waals surface area contributed by atoms with E-state index in [0.717, 1.165) is 0 Å². The Kier molecular flexibility index (Phi) is 7.55. The maximum atomic E-state index is 2.36. The first-order valence-electron chi connectivity index (χ1n) is 4.79. The number of rotatable bonds is 7. The molecule has 0 nitrogen and oxygen atoms in total. The summed E-state index contributed by atoms with van der Waals surface area (Å²) in [6.45, 7) is 4.62. The van der Waals surface area contributed by atoms with E-state index in [0.29, 0.717) is 4.08 Å². The van der Waals surface area contributed by atoms with Gasteiger partial charge in [0.15, 0.2) is 0 Å². The smallest absolute Gasteiger partial charge is 0.0577 e. The molecular formula is C10H22S2. The molecule has 0 bridgehead atoms. The summed E-state index contributed by atoms with van der Waals surface area (Å²) in [6.07, 6.45) is 11.3. The molecule has 0 fully saturated rings. The Morgan fingerprint density at radius 1 is 1.00 bits per heavy atom. The van der Waals surface area contributed by atoms with Crippen LogP contribution in [0.25, 0.3) is 0 Å². The van der Waals surface area contributed by atoms with Crippen molar-refractivity contribution in [1.82, 2.24) is 0 Å². The Morgan fingerprint density at radius 3 is 2.00 bits per heavy atom. The molecule has 0 spiro atoms. The zero-order valence-electron chi connectivity index (χ0n) is 8.85. The number of unbranched alkanes of at least 4 members (excludes halogenated alkanes) is 3. The summed E-state index contributed by atoms with van der Waals surface area (Å²) >= 11 is 3.99. The summed E-state index contributed by atoms with van der Waals surface area (Å²) in [5.74, 6) is 0. The van der Waals surface area contributed by atoms with Crippen molar-refractivity contribution in [1.29, 1.82) is 0 Å². The van der Waals surface area contributed by atoms with Crippen molar-refractivity contribution < 1.29 is 0 Å². The lowest BCUT2D eigenvalue weighted by atomic mass is 10.1. The van der Waals surface area contributed by atoms with E-state index >= 15 is 0 Å². The van der Waals surface area contributed by atoms with Crippen LogP contribution in [0.1, 0.15) is 46.0 Å². The van der Waals surface area contributed by atoms with Crippen molar-refractivity contribution in [2.75, 3.05) is 12.5 Å². The van der Waals surface area contributed by atoms with Crippen molar-refractivity contribution in [3.63, 3.8) is 0 Å². The van der Waals surface area contributed by atoms with Crippen LogP contribution in [-0.2, 0) is 0 Å². The summed E-state index contributed by atoms with van der Waals surface area (Å²) in [5.41, 5.74) is 0. The lowest BCUT2D eigenvalue weighted by molar-refractivity contribution is 0.617. The van der Waals surface area contributed by atoms with Gasteiger partial charge in [0, 0.05) is 0 Å². The topological polar surface area (TPSA) is 0 Å². The summed E-state index contributed by atoms with van der Waals surface area (Å²) in [5, 5.41) is 0. The molecule has 0 saturated heterocycles. The molecule has 0 aliphatic carbocycles. The summed E-state index contributed by atoms with van der Waals surface area (Å²) in [6, 6.07) is 0. The molecule has 0 N–H and O–H groups in total. The van der Waals surface area contributed by atoms with Gasteiger partial charge in [-0.3, -0.25) is 0 Å². The van der Waals surface area contributed by atoms with Crippen LogP contribution < -0.4 is 0 Å². The number of hydrogen-bond acceptors (Lipinski definition) is 2. The van der Waals surface area contributed by atoms with Gasteiger partial charge in [0.1, 0.15) is 0 Å². The summed E-state index contributed by atoms with van der Waals surface area (Å²) < 4.78 is 0.466. The lowest BCUT2D eigenvalue weighted by Crippen LogP contribution is -2.13. The molecule has 0 atom stereocenters. The van der Waals surface area contributed by atoms with Crippen LogP contribution in [-0.4, -0.2) is 16.6 Å². The van der Waals surface area contributed by atoms with E-state index in [4.69, 9.17) is 0 Å². The van der Waals surface area contributed by atoms with Gasteiger partial charge in [0.2, 0.25) is 0 Å². The first kappa shape index (κ1) is 12.7. The Labute approximate surface area is 86.3 Å². The van der Waals surface area contributed by atoms with E-state index in [1.807, 2.05) is 23.5 Å². The standard InChI is InChI=1S/C10H22S2/c1-5-6-7-8-9-10(2,11-3)12-4/h5-9H2,1-4H3. The first-order chi connectivity index (χ1) is 5.68. The second-order valence-electron chi connectivity index (χ2n) is 3.35. The molecule has 0 heterocycles. The predicted molar refractivity (Wildman–Crippen MR) is 64.2 cm³/mol. The van der Waals surface area contributed by atoms with Crippen LogP contribution >= 0.6 is 23.5 Å². The van der Waals surface area contributed by atoms with E-state index in [2.05, 4.69) is 26.4 Å². The van der Waals surface area contributed by atoms with Gasteiger partial charge in [-0.25, -0.2) is 0 Å². The first-order valence-corrected chi connectivity index (χ1v) is 7.23. The monoisotopic (exact) mass is 206 g/mol. The van der Waals surface area contributed by atoms with E-state index < -0.39 is 0 Å². The average Bonchev–Trinajstić information content (AvgIpc) is 2.12. The molecule has 0 aromatic rings. The van der Waals surface area contributed by atoms with Gasteiger partial charge in [-0.15, -0.1) is 23.5 Å². The van der Waals surface area contributed by atoms with Crippen molar-refractivity contribution in [2.45, 2.75) is 50.0 Å². The molecule has 0 aliphatic rings. The molecule has 0 radical (unpaired) electrons. The van der Waals surface area contributed by atoms with Gasteiger partial charge in [0.05, 0.1) is 4.08 Å². The van der Waals surface area contributed by atoms with E-state index in [-0.39, 0.29) is 0 Å². The summed E-state index contributed by atoms with van der Waals surface area (Å²) in [7, 11) is 0. The largest absolute Gasteiger partial charge is 0.148 e. The van der Waals surface area contributed by atoms with Crippen LogP contribution in [0, 0.1) is 0 Å². The highest BCUT2D eigenvalue weighted by atomic mass is 32.2. The minimum atomic E-state index is 0.466. The second-order valence-corrected chi connectivity index (χ2v) is 6.23. The molecule has 0 aliphatic heterocycles. The quantitative estimate of drug-likeness (QED) is 0.447. The number of thioether (sulfide) groups is 2. The Balaban J connectivity index is 3.45. The van der Waals surface area contributed by atoms with Crippen molar-refractivity contribution in [3.8, 4) is 0 Å². The minimum Gasteiger partial charge on any atom is -0.148 e. The van der Waals surface area contributed by atoms with Gasteiger partial charge < -0.3 is 0 Å². The fraction of sp³-hybridized carbons (Fsp3) is 1.00. The molecule has 0 rings (SSSR count). The minimum absolute atomic E-state index is 0.466. The Bertz CT molecular complexity index is 98.0. The highest BCUT2D eigenvalue weighted by Gasteiger charge is 2.19. The molecule has 0 aromatic heterocycles. The highest BCUT2D eigenvalue weighted by Crippen LogP contribution is 2.37. The molecule has 74 valence electrons. The lowest BCUT2D eigenvalue weighted by Gasteiger charge is -2.24. The van der Waals surface area contributed by atoms with Gasteiger partial charge in [-0.2, -0.15) is 0 Å². The zero-order chi connectivity index (χ0) is 9.45. The molecule has 0 saturated carbocycles. The van der Waals surface area contributed by atoms with Crippen molar-refractivity contribution >= 4 is 23.5 Å². The van der Waals surface area contributed by atoms with Gasteiger partial charge in [0.25, 0.3) is 0 Å². The van der Waals surface area contributed by atoms with E-state index in [1.54, 1.807) is 0 Å². The third kappa shape index (κ3) is 5.36. The molecular weight excluding hydrogens is 184 g/mol. The van der Waals surface area contributed by atoms with Gasteiger partial charge >= 0.3 is 0 Å². The summed E-state index contributed by atoms with van der Waals surface area (Å²) in [4.78, 5) is 0. The number of hydrogen-bond donors (Lipinski definition) is 0. The highest BCUT2D eigenvalue weighted by molar-refractivity contribution is 8.17. The van der Waals surface area contributed by atoms with Gasteiger partial charge in [-0.05, 0) is 25.9 Å². The Morgan fingerprint density at radius 2 is 1.58 bits per heavy atom. The second kappa shape index (κ2) is 7.14. The fourth-order valence-electron chi connectivity index (χ4n) is 1.16. The van der Waals surface area contributed by atoms with E-state index in [1.165, 1.54) is 32.1 Å². The SMILES string of the molecule is CCCCCCC(C)(SC)SC. The maximum Gasteiger partial charge on any atom is 0.0577 e. The molecule has 2 heteroatoms. The normalized spacial score (nSPS) is 12.0. The average molecular weight is 206 g/mol. The zero-order valence-corrected chi connectivity index (χ0v) is 10.5.